The Kier molecular flexibility index (Phi) is 4.53. The molecule has 138 valence electrons. The van der Waals surface area contributed by atoms with Gasteiger partial charge < -0.3 is 5.32 Å². The highest BCUT2D eigenvalue weighted by Crippen LogP contribution is 2.19. The zero-order valence-corrected chi connectivity index (χ0v) is 15.0. The van der Waals surface area contributed by atoms with Gasteiger partial charge in [-0.3, -0.25) is 14.5 Å². The average Bonchev–Trinajstić information content (AvgIpc) is 3.32. The van der Waals surface area contributed by atoms with E-state index in [4.69, 9.17) is 0 Å². The first-order valence-electron chi connectivity index (χ1n) is 8.88. The first-order chi connectivity index (χ1) is 13.1. The lowest BCUT2D eigenvalue weighted by Gasteiger charge is -2.20. The highest BCUT2D eigenvalue weighted by atomic mass is 16.2. The van der Waals surface area contributed by atoms with Gasteiger partial charge in [0.25, 0.3) is 11.8 Å². The number of carbonyl (C=O) groups excluding carboxylic acids is 2. The Morgan fingerprint density at radius 2 is 2.04 bits per heavy atom. The van der Waals surface area contributed by atoms with Crippen LogP contribution in [-0.2, 0) is 22.6 Å². The normalized spacial score (nSPS) is 19.2. The summed E-state index contributed by atoms with van der Waals surface area (Å²) in [7, 11) is 1.69. The summed E-state index contributed by atoms with van der Waals surface area (Å²) in [6, 6.07) is 11.1. The van der Waals surface area contributed by atoms with Crippen LogP contribution in [-0.4, -0.2) is 46.1 Å². The van der Waals surface area contributed by atoms with E-state index in [1.165, 1.54) is 4.90 Å². The van der Waals surface area contributed by atoms with E-state index in [9.17, 15) is 9.59 Å². The minimum Gasteiger partial charge on any atom is -0.339 e. The van der Waals surface area contributed by atoms with Gasteiger partial charge in [0.15, 0.2) is 0 Å². The van der Waals surface area contributed by atoms with E-state index >= 15 is 0 Å². The second-order valence-corrected chi connectivity index (χ2v) is 6.68. The summed E-state index contributed by atoms with van der Waals surface area (Å²) >= 11 is 0. The average molecular weight is 364 g/mol. The molecule has 0 fully saturated rings. The van der Waals surface area contributed by atoms with E-state index in [-0.39, 0.29) is 11.8 Å². The third kappa shape index (κ3) is 3.51. The Bertz CT molecular complexity index is 931. The zero-order valence-electron chi connectivity index (χ0n) is 15.0. The molecular formula is C19H20N6O2. The SMILES string of the molecule is CN1C(=O)C(NC(=O)C2=NN=C(Cc3ccccc3)C2)CCn2nccc21. The predicted octanol–water partition coefficient (Wildman–Crippen LogP) is 1.18. The van der Waals surface area contributed by atoms with Gasteiger partial charge >= 0.3 is 0 Å². The van der Waals surface area contributed by atoms with Crippen LogP contribution in [0.4, 0.5) is 5.82 Å². The number of nitrogens with zero attached hydrogens (tertiary/aromatic N) is 5. The zero-order chi connectivity index (χ0) is 18.8. The molecule has 8 heteroatoms. The molecule has 0 saturated carbocycles. The van der Waals surface area contributed by atoms with E-state index in [1.54, 1.807) is 24.0 Å². The summed E-state index contributed by atoms with van der Waals surface area (Å²) in [5.41, 5.74) is 2.32. The Hall–Kier alpha value is -3.29. The summed E-state index contributed by atoms with van der Waals surface area (Å²) in [5.74, 6) is 0.225. The lowest BCUT2D eigenvalue weighted by molar-refractivity contribution is -0.124. The fourth-order valence-electron chi connectivity index (χ4n) is 3.33. The van der Waals surface area contributed by atoms with Gasteiger partial charge in [-0.15, -0.1) is 5.10 Å². The molecule has 2 aliphatic heterocycles. The van der Waals surface area contributed by atoms with Crippen molar-refractivity contribution in [3.05, 3.63) is 48.2 Å². The van der Waals surface area contributed by atoms with Crippen molar-refractivity contribution < 1.29 is 9.59 Å². The first kappa shape index (κ1) is 17.1. The first-order valence-corrected chi connectivity index (χ1v) is 8.88. The van der Waals surface area contributed by atoms with Crippen molar-refractivity contribution in [2.75, 3.05) is 11.9 Å². The number of benzene rings is 1. The maximum absolute atomic E-state index is 12.7. The summed E-state index contributed by atoms with van der Waals surface area (Å²) in [6.45, 7) is 0.561. The quantitative estimate of drug-likeness (QED) is 0.883. The molecule has 27 heavy (non-hydrogen) atoms. The van der Waals surface area contributed by atoms with Gasteiger partial charge in [0, 0.05) is 32.5 Å². The number of hydrogen-bond acceptors (Lipinski definition) is 5. The molecule has 1 unspecified atom stereocenters. The third-order valence-electron chi connectivity index (χ3n) is 4.80. The number of aryl methyl sites for hydroxylation is 1. The Morgan fingerprint density at radius 1 is 1.22 bits per heavy atom. The molecule has 1 aromatic heterocycles. The number of hydrogen-bond donors (Lipinski definition) is 1. The lowest BCUT2D eigenvalue weighted by Crippen LogP contribution is -2.48. The van der Waals surface area contributed by atoms with Crippen LogP contribution in [0.15, 0.2) is 52.8 Å². The van der Waals surface area contributed by atoms with Gasteiger partial charge in [-0.05, 0) is 12.0 Å². The molecule has 2 aromatic rings. The van der Waals surface area contributed by atoms with Crippen LogP contribution in [0.25, 0.3) is 0 Å². The van der Waals surface area contributed by atoms with Crippen LogP contribution < -0.4 is 10.2 Å². The third-order valence-corrected chi connectivity index (χ3v) is 4.80. The highest BCUT2D eigenvalue weighted by molar-refractivity contribution is 6.43. The minimum absolute atomic E-state index is 0.161. The van der Waals surface area contributed by atoms with Crippen LogP contribution >= 0.6 is 0 Å². The van der Waals surface area contributed by atoms with Crippen LogP contribution in [0.1, 0.15) is 18.4 Å². The molecule has 2 amide bonds. The van der Waals surface area contributed by atoms with Gasteiger partial charge in [0.05, 0.1) is 11.9 Å². The van der Waals surface area contributed by atoms with Crippen molar-refractivity contribution in [1.82, 2.24) is 15.1 Å². The number of likely N-dealkylation sites (N-methyl/N-ethyl adjacent to an activating group) is 1. The minimum atomic E-state index is -0.606. The number of aromatic nitrogens is 2. The molecule has 0 radical (unpaired) electrons. The number of fused-ring (bicyclic) bond motifs is 1. The lowest BCUT2D eigenvalue weighted by atomic mass is 10.0. The Labute approximate surface area is 156 Å². The molecule has 0 saturated heterocycles. The molecule has 1 aromatic carbocycles. The molecule has 1 atom stereocenters. The highest BCUT2D eigenvalue weighted by Gasteiger charge is 2.31. The van der Waals surface area contributed by atoms with Crippen molar-refractivity contribution in [3.8, 4) is 0 Å². The van der Waals surface area contributed by atoms with Crippen LogP contribution in [0.5, 0.6) is 0 Å². The van der Waals surface area contributed by atoms with Crippen molar-refractivity contribution in [2.45, 2.75) is 31.8 Å². The Balaban J connectivity index is 1.36. The van der Waals surface area contributed by atoms with Gasteiger partial charge in [-0.2, -0.15) is 10.2 Å². The monoisotopic (exact) mass is 364 g/mol. The second kappa shape index (κ2) is 7.14. The van der Waals surface area contributed by atoms with Crippen LogP contribution in [0.2, 0.25) is 0 Å². The molecule has 2 aliphatic rings. The molecule has 8 nitrogen and oxygen atoms in total. The van der Waals surface area contributed by atoms with Gasteiger partial charge in [-0.1, -0.05) is 30.3 Å². The topological polar surface area (TPSA) is 92.0 Å². The van der Waals surface area contributed by atoms with Gasteiger partial charge in [-0.25, -0.2) is 4.68 Å². The van der Waals surface area contributed by atoms with E-state index in [0.29, 0.717) is 31.5 Å². The van der Waals surface area contributed by atoms with Crippen molar-refractivity contribution >= 4 is 29.1 Å². The summed E-state index contributed by atoms with van der Waals surface area (Å²) in [6.07, 6.45) is 3.21. The van der Waals surface area contributed by atoms with Gasteiger partial charge in [0.2, 0.25) is 0 Å². The fourth-order valence-corrected chi connectivity index (χ4v) is 3.33. The second-order valence-electron chi connectivity index (χ2n) is 6.68. The van der Waals surface area contributed by atoms with Crippen molar-refractivity contribution in [3.63, 3.8) is 0 Å². The fraction of sp³-hybridized carbons (Fsp3) is 0.316. The van der Waals surface area contributed by atoms with Gasteiger partial charge in [0.1, 0.15) is 17.6 Å². The molecule has 1 N–H and O–H groups in total. The number of rotatable bonds is 4. The number of amides is 2. The van der Waals surface area contributed by atoms with Crippen LogP contribution in [0.3, 0.4) is 0 Å². The van der Waals surface area contributed by atoms with E-state index in [0.717, 1.165) is 17.1 Å². The maximum atomic E-state index is 12.7. The van der Waals surface area contributed by atoms with E-state index < -0.39 is 6.04 Å². The number of nitrogens with one attached hydrogen (secondary N) is 1. The number of anilines is 1. The summed E-state index contributed by atoms with van der Waals surface area (Å²) in [4.78, 5) is 26.8. The summed E-state index contributed by atoms with van der Waals surface area (Å²) in [5, 5.41) is 15.2. The predicted molar refractivity (Wildman–Crippen MR) is 102 cm³/mol. The Morgan fingerprint density at radius 3 is 2.85 bits per heavy atom. The molecule has 0 bridgehead atoms. The van der Waals surface area contributed by atoms with Crippen molar-refractivity contribution in [1.29, 1.82) is 0 Å². The standard InChI is InChI=1S/C19H20N6O2/c1-24-17-7-9-20-25(17)10-8-15(19(24)27)21-18(26)16-12-14(22-23-16)11-13-5-3-2-4-6-13/h2-7,9,15H,8,10-12H2,1H3,(H,21,26). The maximum Gasteiger partial charge on any atom is 0.268 e. The molecule has 0 spiro atoms. The molecule has 0 aliphatic carbocycles. The molecule has 4 rings (SSSR count). The molecular weight excluding hydrogens is 344 g/mol. The smallest absolute Gasteiger partial charge is 0.268 e. The van der Waals surface area contributed by atoms with Crippen LogP contribution in [0, 0.1) is 0 Å². The van der Waals surface area contributed by atoms with E-state index in [2.05, 4.69) is 20.6 Å². The summed E-state index contributed by atoms with van der Waals surface area (Å²) < 4.78 is 1.76. The molecule has 3 heterocycles. The van der Waals surface area contributed by atoms with Crippen molar-refractivity contribution in [2.24, 2.45) is 10.2 Å². The van der Waals surface area contributed by atoms with E-state index in [1.807, 2.05) is 30.3 Å². The largest absolute Gasteiger partial charge is 0.339 e. The number of carbonyl (C=O) groups is 2.